The lowest BCUT2D eigenvalue weighted by Gasteiger charge is -2.10. The molecule has 4 nitrogen and oxygen atoms in total. The Hall–Kier alpha value is -0.840. The lowest BCUT2D eigenvalue weighted by molar-refractivity contribution is -0.384. The Morgan fingerprint density at radius 2 is 2.13 bits per heavy atom. The van der Waals surface area contributed by atoms with Crippen molar-refractivity contribution in [2.75, 3.05) is 0 Å². The summed E-state index contributed by atoms with van der Waals surface area (Å²) in [6.07, 6.45) is 0.286. The predicted octanol–water partition coefficient (Wildman–Crippen LogP) is 2.30. The number of aliphatic hydroxyl groups excluding tert-OH is 1. The molecule has 1 N–H and O–H groups in total. The van der Waals surface area contributed by atoms with Gasteiger partial charge in [-0.3, -0.25) is 10.1 Å². The van der Waals surface area contributed by atoms with E-state index in [-0.39, 0.29) is 12.1 Å². The zero-order chi connectivity index (χ0) is 11.4. The molecular weight excluding hydrogens is 241 g/mol. The van der Waals surface area contributed by atoms with Crippen molar-refractivity contribution in [1.29, 1.82) is 0 Å². The molecule has 0 aliphatic heterocycles. The minimum absolute atomic E-state index is 0.000397. The van der Waals surface area contributed by atoms with E-state index in [1.165, 1.54) is 12.1 Å². The van der Waals surface area contributed by atoms with Crippen LogP contribution < -0.4 is 0 Å². The monoisotopic (exact) mass is 249 g/mol. The normalized spacial score (nSPS) is 14.6. The molecule has 0 aliphatic carbocycles. The lowest BCUT2D eigenvalue weighted by atomic mass is 10.1. The highest BCUT2D eigenvalue weighted by molar-refractivity contribution is 6.29. The zero-order valence-corrected chi connectivity index (χ0v) is 9.15. The molecule has 0 aliphatic rings. The van der Waals surface area contributed by atoms with Gasteiger partial charge in [0.15, 0.2) is 0 Å². The molecule has 0 saturated carbocycles. The number of hydrogen-bond donors (Lipinski definition) is 1. The van der Waals surface area contributed by atoms with Crippen LogP contribution in [0.4, 0.5) is 5.69 Å². The molecule has 1 aromatic carbocycles. The van der Waals surface area contributed by atoms with Crippen molar-refractivity contribution in [3.05, 3.63) is 39.9 Å². The van der Waals surface area contributed by atoms with Crippen molar-refractivity contribution < 1.29 is 10.0 Å². The summed E-state index contributed by atoms with van der Waals surface area (Å²) in [5.74, 6) is 0. The van der Waals surface area contributed by atoms with Gasteiger partial charge in [-0.05, 0) is 12.0 Å². The Labute approximate surface area is 96.6 Å². The van der Waals surface area contributed by atoms with Gasteiger partial charge in [0.25, 0.3) is 5.69 Å². The molecule has 2 atom stereocenters. The maximum atomic E-state index is 10.5. The Bertz CT molecular complexity index is 357. The first kappa shape index (κ1) is 12.2. The minimum atomic E-state index is -1.16. The molecule has 0 spiro atoms. The number of nitrogens with zero attached hydrogens (tertiary/aromatic N) is 1. The van der Waals surface area contributed by atoms with Crippen LogP contribution in [0.25, 0.3) is 0 Å². The molecule has 0 saturated heterocycles. The molecule has 0 radical (unpaired) electrons. The van der Waals surface area contributed by atoms with E-state index in [1.54, 1.807) is 12.1 Å². The van der Waals surface area contributed by atoms with E-state index in [1.807, 2.05) is 0 Å². The average molecular weight is 250 g/mol. The minimum Gasteiger partial charge on any atom is -0.376 e. The quantitative estimate of drug-likeness (QED) is 0.506. The number of hydrogen-bond acceptors (Lipinski definition) is 3. The highest BCUT2D eigenvalue weighted by atomic mass is 35.5. The van der Waals surface area contributed by atoms with E-state index in [9.17, 15) is 10.1 Å². The summed E-state index contributed by atoms with van der Waals surface area (Å²) >= 11 is 11.1. The highest BCUT2D eigenvalue weighted by Gasteiger charge is 2.15. The Morgan fingerprint density at radius 1 is 1.47 bits per heavy atom. The van der Waals surface area contributed by atoms with Crippen LogP contribution >= 0.6 is 23.2 Å². The number of alkyl halides is 2. The largest absolute Gasteiger partial charge is 0.376 e. The number of rotatable bonds is 4. The van der Waals surface area contributed by atoms with E-state index in [2.05, 4.69) is 0 Å². The summed E-state index contributed by atoms with van der Waals surface area (Å²) in [4.78, 5) is 9.99. The van der Waals surface area contributed by atoms with Crippen LogP contribution in [0.3, 0.4) is 0 Å². The highest BCUT2D eigenvalue weighted by Crippen LogP contribution is 2.18. The molecule has 0 fully saturated rings. The van der Waals surface area contributed by atoms with Gasteiger partial charge >= 0.3 is 0 Å². The fourth-order valence-corrected chi connectivity index (χ4v) is 1.39. The van der Waals surface area contributed by atoms with Crippen molar-refractivity contribution in [2.45, 2.75) is 17.4 Å². The molecule has 0 heterocycles. The summed E-state index contributed by atoms with van der Waals surface area (Å²) in [6.45, 7) is 0. The second-order valence-corrected chi connectivity index (χ2v) is 4.03. The van der Waals surface area contributed by atoms with Gasteiger partial charge in [0.1, 0.15) is 5.56 Å². The Morgan fingerprint density at radius 3 is 2.67 bits per heavy atom. The Kier molecular flexibility index (Phi) is 4.32. The van der Waals surface area contributed by atoms with Gasteiger partial charge < -0.3 is 5.11 Å². The van der Waals surface area contributed by atoms with Gasteiger partial charge in [0, 0.05) is 12.1 Å². The summed E-state index contributed by atoms with van der Waals surface area (Å²) in [6, 6.07) is 6.07. The van der Waals surface area contributed by atoms with Crippen molar-refractivity contribution in [3.8, 4) is 0 Å². The summed E-state index contributed by atoms with van der Waals surface area (Å²) in [7, 11) is 0. The third-order valence-corrected chi connectivity index (χ3v) is 2.68. The van der Waals surface area contributed by atoms with Crippen LogP contribution in [0.15, 0.2) is 24.3 Å². The molecule has 2 unspecified atom stereocenters. The van der Waals surface area contributed by atoms with E-state index >= 15 is 0 Å². The van der Waals surface area contributed by atoms with Crippen molar-refractivity contribution >= 4 is 28.9 Å². The van der Waals surface area contributed by atoms with Gasteiger partial charge in [-0.1, -0.05) is 23.7 Å². The van der Waals surface area contributed by atoms with Crippen LogP contribution in [0.2, 0.25) is 0 Å². The van der Waals surface area contributed by atoms with E-state index in [0.29, 0.717) is 5.56 Å². The van der Waals surface area contributed by atoms with Crippen molar-refractivity contribution in [1.82, 2.24) is 0 Å². The third-order valence-electron chi connectivity index (χ3n) is 1.85. The molecule has 15 heavy (non-hydrogen) atoms. The van der Waals surface area contributed by atoms with Gasteiger partial charge in [-0.25, -0.2) is 0 Å². The zero-order valence-electron chi connectivity index (χ0n) is 7.64. The number of aliphatic hydroxyl groups is 1. The fraction of sp³-hybridized carbons (Fsp3) is 0.333. The maximum Gasteiger partial charge on any atom is 0.269 e. The first-order chi connectivity index (χ1) is 7.00. The molecule has 0 amide bonds. The number of halogens is 2. The van der Waals surface area contributed by atoms with Crippen LogP contribution in [0, 0.1) is 10.1 Å². The SMILES string of the molecule is O=[N+]([O-])c1cccc(CC(Cl)C(O)Cl)c1. The summed E-state index contributed by atoms with van der Waals surface area (Å²) in [5.41, 5.74) is -0.491. The number of non-ortho nitro benzene ring substituents is 1. The average Bonchev–Trinajstić information content (AvgIpc) is 2.18. The van der Waals surface area contributed by atoms with Gasteiger partial charge in [0.05, 0.1) is 10.3 Å². The topological polar surface area (TPSA) is 63.4 Å². The molecule has 0 bridgehead atoms. The first-order valence-electron chi connectivity index (χ1n) is 4.20. The number of benzene rings is 1. The summed E-state index contributed by atoms with van der Waals surface area (Å²) in [5, 5.41) is 18.8. The van der Waals surface area contributed by atoms with Crippen molar-refractivity contribution in [2.24, 2.45) is 0 Å². The van der Waals surface area contributed by atoms with Crippen LogP contribution in [-0.4, -0.2) is 21.0 Å². The lowest BCUT2D eigenvalue weighted by Crippen LogP contribution is -2.16. The van der Waals surface area contributed by atoms with E-state index in [0.717, 1.165) is 0 Å². The fourth-order valence-electron chi connectivity index (χ4n) is 1.12. The van der Waals surface area contributed by atoms with Crippen LogP contribution in [0.5, 0.6) is 0 Å². The van der Waals surface area contributed by atoms with Gasteiger partial charge in [-0.15, -0.1) is 11.6 Å². The molecule has 82 valence electrons. The molecule has 0 aromatic heterocycles. The molecule has 1 aromatic rings. The van der Waals surface area contributed by atoms with Crippen molar-refractivity contribution in [3.63, 3.8) is 0 Å². The van der Waals surface area contributed by atoms with Gasteiger partial charge in [0.2, 0.25) is 0 Å². The molecule has 1 rings (SSSR count). The second-order valence-electron chi connectivity index (χ2n) is 3.02. The van der Waals surface area contributed by atoms with Gasteiger partial charge in [-0.2, -0.15) is 0 Å². The first-order valence-corrected chi connectivity index (χ1v) is 5.07. The summed E-state index contributed by atoms with van der Waals surface area (Å²) < 4.78 is 0. The third kappa shape index (κ3) is 3.66. The Balaban J connectivity index is 2.78. The van der Waals surface area contributed by atoms with Crippen LogP contribution in [-0.2, 0) is 6.42 Å². The molecular formula is C9H9Cl2NO3. The van der Waals surface area contributed by atoms with Crippen LogP contribution in [0.1, 0.15) is 5.56 Å². The second kappa shape index (κ2) is 5.30. The maximum absolute atomic E-state index is 10.5. The molecule has 6 heteroatoms. The predicted molar refractivity (Wildman–Crippen MR) is 58.3 cm³/mol. The number of nitro groups is 1. The van der Waals surface area contributed by atoms with E-state index in [4.69, 9.17) is 28.3 Å². The smallest absolute Gasteiger partial charge is 0.269 e. The standard InChI is InChI=1S/C9H9Cl2NO3/c10-8(9(11)13)5-6-2-1-3-7(4-6)12(14)15/h1-4,8-9,13H,5H2. The van der Waals surface area contributed by atoms with E-state index < -0.39 is 15.9 Å². The number of nitro benzene ring substituents is 1.